The summed E-state index contributed by atoms with van der Waals surface area (Å²) < 4.78 is 3.64. The van der Waals surface area contributed by atoms with Gasteiger partial charge in [-0.2, -0.15) is 0 Å². The van der Waals surface area contributed by atoms with Gasteiger partial charge in [0.25, 0.3) is 5.91 Å². The number of rotatable bonds is 5. The van der Waals surface area contributed by atoms with E-state index in [-0.39, 0.29) is 11.7 Å². The molecule has 3 heterocycles. The first-order valence-electron chi connectivity index (χ1n) is 9.98. The molecule has 0 bridgehead atoms. The number of amides is 1. The lowest BCUT2D eigenvalue weighted by Crippen LogP contribution is -2.24. The van der Waals surface area contributed by atoms with Gasteiger partial charge in [0.1, 0.15) is 5.65 Å². The van der Waals surface area contributed by atoms with Crippen LogP contribution >= 0.6 is 0 Å². The Morgan fingerprint density at radius 1 is 0.935 bits per heavy atom. The SMILES string of the molecule is Cc1cccn2cc(CNC(=O)c3nc(-c4ccccc4)n(-c4ccccc4)n3)nc12. The highest BCUT2D eigenvalue weighted by atomic mass is 16.2. The van der Waals surface area contributed by atoms with Gasteiger partial charge in [-0.05, 0) is 30.7 Å². The molecule has 3 aromatic heterocycles. The lowest BCUT2D eigenvalue weighted by Gasteiger charge is -2.05. The number of fused-ring (bicyclic) bond motifs is 1. The molecule has 0 fully saturated rings. The van der Waals surface area contributed by atoms with E-state index in [0.29, 0.717) is 12.4 Å². The summed E-state index contributed by atoms with van der Waals surface area (Å²) in [6, 6.07) is 23.3. The average molecular weight is 408 g/mol. The van der Waals surface area contributed by atoms with Gasteiger partial charge in [0.05, 0.1) is 17.9 Å². The van der Waals surface area contributed by atoms with E-state index in [9.17, 15) is 4.79 Å². The molecule has 152 valence electrons. The lowest BCUT2D eigenvalue weighted by atomic mass is 10.2. The molecule has 7 nitrogen and oxygen atoms in total. The number of hydrogen-bond donors (Lipinski definition) is 1. The van der Waals surface area contributed by atoms with E-state index in [1.165, 1.54) is 0 Å². The number of carbonyl (C=O) groups excluding carboxylic acids is 1. The van der Waals surface area contributed by atoms with Gasteiger partial charge in [0.2, 0.25) is 5.82 Å². The summed E-state index contributed by atoms with van der Waals surface area (Å²) in [6.07, 6.45) is 3.85. The van der Waals surface area contributed by atoms with Crippen LogP contribution in [0.3, 0.4) is 0 Å². The number of carbonyl (C=O) groups is 1. The molecule has 1 N–H and O–H groups in total. The zero-order valence-corrected chi connectivity index (χ0v) is 16.9. The number of nitrogens with one attached hydrogen (secondary N) is 1. The first-order chi connectivity index (χ1) is 15.2. The summed E-state index contributed by atoms with van der Waals surface area (Å²) in [7, 11) is 0. The smallest absolute Gasteiger partial charge is 0.291 e. The van der Waals surface area contributed by atoms with Crippen LogP contribution in [0.1, 0.15) is 21.9 Å². The number of pyridine rings is 1. The average Bonchev–Trinajstić information content (AvgIpc) is 3.44. The molecule has 0 saturated carbocycles. The standard InChI is InChI=1S/C24H20N6O/c1-17-9-8-14-29-16-19(26-22(17)29)15-25-24(31)21-27-23(18-10-4-2-5-11-18)30(28-21)20-12-6-3-7-13-20/h2-14,16H,15H2,1H3,(H,25,31). The topological polar surface area (TPSA) is 77.1 Å². The van der Waals surface area contributed by atoms with Crippen molar-refractivity contribution in [2.24, 2.45) is 0 Å². The molecule has 1 amide bonds. The van der Waals surface area contributed by atoms with Crippen LogP contribution in [0.2, 0.25) is 0 Å². The van der Waals surface area contributed by atoms with Gasteiger partial charge in [-0.15, -0.1) is 5.10 Å². The summed E-state index contributed by atoms with van der Waals surface area (Å²) in [5, 5.41) is 7.38. The first-order valence-corrected chi connectivity index (χ1v) is 9.98. The molecule has 5 aromatic rings. The van der Waals surface area contributed by atoms with E-state index < -0.39 is 0 Å². The zero-order valence-electron chi connectivity index (χ0n) is 16.9. The van der Waals surface area contributed by atoms with Crippen LogP contribution < -0.4 is 5.32 Å². The van der Waals surface area contributed by atoms with E-state index in [4.69, 9.17) is 0 Å². The van der Waals surface area contributed by atoms with Crippen molar-refractivity contribution in [3.05, 3.63) is 102 Å². The van der Waals surface area contributed by atoms with Crippen LogP contribution in [0.5, 0.6) is 0 Å². The summed E-state index contributed by atoms with van der Waals surface area (Å²) in [5.41, 5.74) is 4.45. The molecule has 0 radical (unpaired) electrons. The predicted octanol–water partition coefficient (Wildman–Crippen LogP) is 3.82. The normalized spacial score (nSPS) is 11.0. The highest BCUT2D eigenvalue weighted by molar-refractivity contribution is 5.91. The van der Waals surface area contributed by atoms with Crippen molar-refractivity contribution < 1.29 is 4.79 Å². The molecule has 0 saturated heterocycles. The van der Waals surface area contributed by atoms with E-state index in [0.717, 1.165) is 28.2 Å². The predicted molar refractivity (Wildman–Crippen MR) is 118 cm³/mol. The lowest BCUT2D eigenvalue weighted by molar-refractivity contribution is 0.0940. The second kappa shape index (κ2) is 7.87. The van der Waals surface area contributed by atoms with Crippen LogP contribution in [-0.4, -0.2) is 30.1 Å². The quantitative estimate of drug-likeness (QED) is 0.480. The van der Waals surface area contributed by atoms with Crippen molar-refractivity contribution in [1.82, 2.24) is 29.5 Å². The van der Waals surface area contributed by atoms with Crippen molar-refractivity contribution in [2.75, 3.05) is 0 Å². The Hall–Kier alpha value is -4.26. The summed E-state index contributed by atoms with van der Waals surface area (Å²) in [6.45, 7) is 2.30. The van der Waals surface area contributed by atoms with Gasteiger partial charge in [0, 0.05) is 18.0 Å². The molecule has 2 aromatic carbocycles. The molecule has 5 rings (SSSR count). The van der Waals surface area contributed by atoms with Crippen molar-refractivity contribution in [1.29, 1.82) is 0 Å². The molecule has 0 spiro atoms. The monoisotopic (exact) mass is 408 g/mol. The number of imidazole rings is 1. The van der Waals surface area contributed by atoms with Crippen LogP contribution in [0.4, 0.5) is 0 Å². The van der Waals surface area contributed by atoms with E-state index in [1.807, 2.05) is 96.5 Å². The molecule has 31 heavy (non-hydrogen) atoms. The summed E-state index contributed by atoms with van der Waals surface area (Å²) in [5.74, 6) is 0.378. The number of aromatic nitrogens is 5. The van der Waals surface area contributed by atoms with Crippen molar-refractivity contribution in [3.8, 4) is 17.1 Å². The van der Waals surface area contributed by atoms with Gasteiger partial charge in [-0.3, -0.25) is 4.79 Å². The van der Waals surface area contributed by atoms with E-state index in [1.54, 1.807) is 4.68 Å². The Morgan fingerprint density at radius 2 is 1.68 bits per heavy atom. The fraction of sp³-hybridized carbons (Fsp3) is 0.0833. The largest absolute Gasteiger partial charge is 0.344 e. The third-order valence-electron chi connectivity index (χ3n) is 5.00. The Bertz CT molecular complexity index is 1300. The highest BCUT2D eigenvalue weighted by Crippen LogP contribution is 2.21. The van der Waals surface area contributed by atoms with Crippen molar-refractivity contribution in [2.45, 2.75) is 13.5 Å². The van der Waals surface area contributed by atoms with E-state index in [2.05, 4.69) is 20.4 Å². The van der Waals surface area contributed by atoms with Gasteiger partial charge in [0.15, 0.2) is 5.82 Å². The van der Waals surface area contributed by atoms with Crippen LogP contribution in [0.15, 0.2) is 85.2 Å². The number of hydrogen-bond acceptors (Lipinski definition) is 4. The number of para-hydroxylation sites is 1. The van der Waals surface area contributed by atoms with Gasteiger partial charge in [-0.25, -0.2) is 14.6 Å². The Kier molecular flexibility index (Phi) is 4.76. The number of aryl methyl sites for hydroxylation is 1. The Labute approximate surface area is 179 Å². The first kappa shape index (κ1) is 18.7. The second-order valence-electron chi connectivity index (χ2n) is 7.21. The van der Waals surface area contributed by atoms with E-state index >= 15 is 0 Å². The zero-order chi connectivity index (χ0) is 21.2. The molecule has 7 heteroatoms. The van der Waals surface area contributed by atoms with Crippen molar-refractivity contribution >= 4 is 11.6 Å². The Balaban J connectivity index is 1.43. The Morgan fingerprint density at radius 3 is 2.42 bits per heavy atom. The maximum Gasteiger partial charge on any atom is 0.291 e. The summed E-state index contributed by atoms with van der Waals surface area (Å²) in [4.78, 5) is 22.0. The molecule has 0 atom stereocenters. The maximum atomic E-state index is 12.8. The fourth-order valence-corrected chi connectivity index (χ4v) is 3.47. The minimum atomic E-state index is -0.347. The van der Waals surface area contributed by atoms with Gasteiger partial charge >= 0.3 is 0 Å². The number of benzene rings is 2. The fourth-order valence-electron chi connectivity index (χ4n) is 3.47. The second-order valence-corrected chi connectivity index (χ2v) is 7.21. The third-order valence-corrected chi connectivity index (χ3v) is 5.00. The van der Waals surface area contributed by atoms with Gasteiger partial charge in [-0.1, -0.05) is 54.6 Å². The van der Waals surface area contributed by atoms with Crippen LogP contribution in [0, 0.1) is 6.92 Å². The molecule has 0 aliphatic carbocycles. The minimum absolute atomic E-state index is 0.114. The van der Waals surface area contributed by atoms with Gasteiger partial charge < -0.3 is 9.72 Å². The molecule has 0 unspecified atom stereocenters. The molecular weight excluding hydrogens is 388 g/mol. The minimum Gasteiger partial charge on any atom is -0.344 e. The van der Waals surface area contributed by atoms with Crippen LogP contribution in [0.25, 0.3) is 22.7 Å². The molecular formula is C24H20N6O. The number of nitrogens with zero attached hydrogens (tertiary/aromatic N) is 5. The summed E-state index contributed by atoms with van der Waals surface area (Å²) >= 11 is 0. The van der Waals surface area contributed by atoms with Crippen LogP contribution in [-0.2, 0) is 6.54 Å². The molecule has 0 aliphatic rings. The molecule has 0 aliphatic heterocycles. The highest BCUT2D eigenvalue weighted by Gasteiger charge is 2.19. The van der Waals surface area contributed by atoms with Crippen molar-refractivity contribution in [3.63, 3.8) is 0 Å². The maximum absolute atomic E-state index is 12.8. The third kappa shape index (κ3) is 3.69.